The Labute approximate surface area is 181 Å². The predicted octanol–water partition coefficient (Wildman–Crippen LogP) is 4.49. The molecule has 1 atom stereocenters. The van der Waals surface area contributed by atoms with E-state index in [1.54, 1.807) is 6.33 Å². The summed E-state index contributed by atoms with van der Waals surface area (Å²) in [4.78, 5) is 18.7. The molecule has 0 aromatic carbocycles. The second-order valence-electron chi connectivity index (χ2n) is 8.17. The average molecular weight is 425 g/mol. The molecule has 0 bridgehead atoms. The zero-order chi connectivity index (χ0) is 20.9. The molecule has 0 amide bonds. The summed E-state index contributed by atoms with van der Waals surface area (Å²) >= 11 is 0. The number of H-pyrrole nitrogens is 1. The van der Waals surface area contributed by atoms with Crippen LogP contribution in [0.4, 0.5) is 5.82 Å². The quantitative estimate of drug-likeness (QED) is 0.567. The number of anilines is 1. The van der Waals surface area contributed by atoms with Gasteiger partial charge in [-0.25, -0.2) is 9.97 Å². The number of pyridine rings is 1. The van der Waals surface area contributed by atoms with E-state index in [0.717, 1.165) is 29.3 Å². The number of rotatable bonds is 7. The van der Waals surface area contributed by atoms with E-state index < -0.39 is 0 Å². The summed E-state index contributed by atoms with van der Waals surface area (Å²) in [5.41, 5.74) is 2.20. The summed E-state index contributed by atoms with van der Waals surface area (Å²) in [5, 5.41) is 3.50. The van der Waals surface area contributed by atoms with E-state index in [1.165, 1.54) is 37.0 Å². The Kier molecular flexibility index (Phi) is 6.79. The lowest BCUT2D eigenvalue weighted by Gasteiger charge is -2.36. The maximum absolute atomic E-state index is 4.58. The molecule has 0 radical (unpaired) electrons. The molecule has 0 aliphatic heterocycles. The number of nitrogens with zero attached hydrogens (tertiary/aromatic N) is 5. The molecule has 4 rings (SSSR count). The van der Waals surface area contributed by atoms with Crippen LogP contribution in [0.25, 0.3) is 11.0 Å². The van der Waals surface area contributed by atoms with E-state index in [1.807, 2.05) is 24.7 Å². The van der Waals surface area contributed by atoms with Crippen LogP contribution in [-0.2, 0) is 6.54 Å². The third-order valence-corrected chi connectivity index (χ3v) is 8.52. The van der Waals surface area contributed by atoms with Gasteiger partial charge in [-0.1, -0.05) is 11.4 Å². The normalized spacial score (nSPS) is 20.7. The number of fused-ring (bicyclic) bond motifs is 1. The molecule has 160 valence electrons. The summed E-state index contributed by atoms with van der Waals surface area (Å²) in [6, 6.07) is 6.81. The van der Waals surface area contributed by atoms with E-state index in [4.69, 9.17) is 0 Å². The summed E-state index contributed by atoms with van der Waals surface area (Å²) < 4.78 is 2.48. The van der Waals surface area contributed by atoms with E-state index in [9.17, 15) is 0 Å². The Morgan fingerprint density at radius 2 is 2.00 bits per heavy atom. The lowest BCUT2D eigenvalue weighted by Crippen LogP contribution is -2.36. The van der Waals surface area contributed by atoms with Gasteiger partial charge < -0.3 is 9.88 Å². The molecule has 6 nitrogen and oxygen atoms in total. The first-order valence-electron chi connectivity index (χ1n) is 10.8. The van der Waals surface area contributed by atoms with Gasteiger partial charge in [0.05, 0.1) is 5.39 Å². The van der Waals surface area contributed by atoms with Crippen molar-refractivity contribution in [2.45, 2.75) is 45.2 Å². The molecule has 3 heterocycles. The number of hydrogen-bond acceptors (Lipinski definition) is 5. The highest BCUT2D eigenvalue weighted by Gasteiger charge is 2.26. The molecule has 0 saturated heterocycles. The summed E-state index contributed by atoms with van der Waals surface area (Å²) in [6.07, 6.45) is 12.4. The average Bonchev–Trinajstić information content (AvgIpc) is 3.27. The molecular weight excluding hydrogens is 392 g/mol. The van der Waals surface area contributed by atoms with Crippen molar-refractivity contribution in [2.24, 2.45) is 5.92 Å². The zero-order valence-electron chi connectivity index (χ0n) is 18.2. The Morgan fingerprint density at radius 1 is 1.17 bits per heavy atom. The minimum absolute atomic E-state index is 0.197. The predicted molar refractivity (Wildman–Crippen MR) is 128 cm³/mol. The Bertz CT molecular complexity index is 978. The lowest BCUT2D eigenvalue weighted by atomic mass is 9.86. The van der Waals surface area contributed by atoms with Crippen molar-refractivity contribution >= 4 is 32.9 Å². The summed E-state index contributed by atoms with van der Waals surface area (Å²) in [6.45, 7) is 3.17. The summed E-state index contributed by atoms with van der Waals surface area (Å²) in [7, 11) is 4.63. The fourth-order valence-corrected chi connectivity index (χ4v) is 6.43. The highest BCUT2D eigenvalue weighted by atomic mass is 32.2. The van der Waals surface area contributed by atoms with Gasteiger partial charge in [-0.15, -0.1) is 10.7 Å². The standard InChI is InChI=1S/C23H32N6S/c1-4-30(28(2)15-19-6-5-12-24-14-19)16-18-7-9-20(10-8-18)29(3)23-21-11-13-25-22(21)26-17-27-23/h4-6,11-14,17-18,20H,7-10,15-16H2,1-3H3,(H,25,26,27). The second kappa shape index (κ2) is 9.71. The van der Waals surface area contributed by atoms with E-state index in [-0.39, 0.29) is 10.7 Å². The number of aromatic nitrogens is 4. The van der Waals surface area contributed by atoms with Crippen LogP contribution in [0, 0.1) is 5.92 Å². The van der Waals surface area contributed by atoms with Crippen LogP contribution < -0.4 is 4.90 Å². The molecule has 1 saturated carbocycles. The van der Waals surface area contributed by atoms with E-state index in [2.05, 4.69) is 67.7 Å². The fraction of sp³-hybridized carbons (Fsp3) is 0.478. The molecule has 3 aromatic rings. The van der Waals surface area contributed by atoms with Crippen LogP contribution in [0.2, 0.25) is 0 Å². The topological polar surface area (TPSA) is 60.9 Å². The van der Waals surface area contributed by atoms with Gasteiger partial charge >= 0.3 is 0 Å². The van der Waals surface area contributed by atoms with Gasteiger partial charge in [-0.05, 0) is 63.3 Å². The second-order valence-corrected chi connectivity index (χ2v) is 10.4. The summed E-state index contributed by atoms with van der Waals surface area (Å²) in [5.74, 6) is 3.10. The molecule has 1 fully saturated rings. The van der Waals surface area contributed by atoms with Crippen LogP contribution in [0.3, 0.4) is 0 Å². The molecule has 0 spiro atoms. The highest BCUT2D eigenvalue weighted by Crippen LogP contribution is 2.35. The Hall–Kier alpha value is -2.25. The molecule has 1 N–H and O–H groups in total. The van der Waals surface area contributed by atoms with Crippen molar-refractivity contribution < 1.29 is 0 Å². The first-order chi connectivity index (χ1) is 14.7. The third kappa shape index (κ3) is 4.73. The molecule has 7 heteroatoms. The number of aromatic amines is 1. The molecular formula is C23H32N6S. The van der Waals surface area contributed by atoms with Gasteiger partial charge in [-0.3, -0.25) is 9.29 Å². The third-order valence-electron chi connectivity index (χ3n) is 6.24. The van der Waals surface area contributed by atoms with Crippen LogP contribution in [-0.4, -0.2) is 55.5 Å². The van der Waals surface area contributed by atoms with E-state index >= 15 is 0 Å². The van der Waals surface area contributed by atoms with Gasteiger partial charge in [0, 0.05) is 44.0 Å². The van der Waals surface area contributed by atoms with Gasteiger partial charge in [-0.2, -0.15) is 0 Å². The number of nitrogens with one attached hydrogen (secondary N) is 1. The van der Waals surface area contributed by atoms with Crippen molar-refractivity contribution in [3.05, 3.63) is 48.7 Å². The SMILES string of the molecule is CC=S(CC1CCC(N(C)c2ncnc3[nH]ccc23)CC1)N(C)Cc1cccnc1. The van der Waals surface area contributed by atoms with Gasteiger partial charge in [0.15, 0.2) is 0 Å². The van der Waals surface area contributed by atoms with Gasteiger partial charge in [0.2, 0.25) is 0 Å². The van der Waals surface area contributed by atoms with Crippen molar-refractivity contribution in [1.29, 1.82) is 0 Å². The first-order valence-corrected chi connectivity index (χ1v) is 12.2. The van der Waals surface area contributed by atoms with Crippen molar-refractivity contribution in [3.63, 3.8) is 0 Å². The number of hydrogen-bond donors (Lipinski definition) is 1. The van der Waals surface area contributed by atoms with Crippen LogP contribution in [0.1, 0.15) is 38.2 Å². The van der Waals surface area contributed by atoms with Crippen LogP contribution in [0.5, 0.6) is 0 Å². The first kappa shape index (κ1) is 21.0. The Balaban J connectivity index is 1.33. The largest absolute Gasteiger partial charge is 0.356 e. The molecule has 3 aromatic heterocycles. The lowest BCUT2D eigenvalue weighted by molar-refractivity contribution is 0.342. The van der Waals surface area contributed by atoms with E-state index in [0.29, 0.717) is 6.04 Å². The molecule has 1 unspecified atom stereocenters. The minimum atomic E-state index is 0.197. The maximum Gasteiger partial charge on any atom is 0.142 e. The van der Waals surface area contributed by atoms with Crippen molar-refractivity contribution in [2.75, 3.05) is 24.7 Å². The molecule has 1 aliphatic rings. The minimum Gasteiger partial charge on any atom is -0.356 e. The Morgan fingerprint density at radius 3 is 2.73 bits per heavy atom. The molecule has 30 heavy (non-hydrogen) atoms. The zero-order valence-corrected chi connectivity index (χ0v) is 19.0. The van der Waals surface area contributed by atoms with Crippen LogP contribution in [0.15, 0.2) is 43.1 Å². The van der Waals surface area contributed by atoms with Crippen molar-refractivity contribution in [3.8, 4) is 0 Å². The fourth-order valence-electron chi connectivity index (χ4n) is 4.49. The van der Waals surface area contributed by atoms with Crippen molar-refractivity contribution in [1.82, 2.24) is 24.2 Å². The highest BCUT2D eigenvalue weighted by molar-refractivity contribution is 8.12. The molecule has 1 aliphatic carbocycles. The maximum atomic E-state index is 4.58. The van der Waals surface area contributed by atoms with Crippen LogP contribution >= 0.6 is 10.7 Å². The van der Waals surface area contributed by atoms with Gasteiger partial charge in [0.25, 0.3) is 0 Å². The van der Waals surface area contributed by atoms with Gasteiger partial charge in [0.1, 0.15) is 17.8 Å². The smallest absolute Gasteiger partial charge is 0.142 e. The monoisotopic (exact) mass is 424 g/mol.